The first-order valence-corrected chi connectivity index (χ1v) is 3.68. The van der Waals surface area contributed by atoms with Crippen LogP contribution in [0.15, 0.2) is 0 Å². The van der Waals surface area contributed by atoms with Crippen molar-refractivity contribution >= 4 is 11.8 Å². The third kappa shape index (κ3) is 1.35. The van der Waals surface area contributed by atoms with E-state index in [1.165, 1.54) is 12.2 Å². The lowest BCUT2D eigenvalue weighted by Gasteiger charge is -1.96. The molecule has 0 aromatic rings. The summed E-state index contributed by atoms with van der Waals surface area (Å²) in [5.74, 6) is 1.22. The molecule has 1 aliphatic heterocycles. The lowest BCUT2D eigenvalue weighted by molar-refractivity contribution is 0.193. The Morgan fingerprint density at radius 2 is 2.57 bits per heavy atom. The van der Waals surface area contributed by atoms with Gasteiger partial charge in [0.15, 0.2) is 0 Å². The lowest BCUT2D eigenvalue weighted by Crippen LogP contribution is -1.99. The molecule has 1 atom stereocenters. The van der Waals surface area contributed by atoms with Crippen LogP contribution >= 0.6 is 11.8 Å². The van der Waals surface area contributed by atoms with Crippen molar-refractivity contribution in [2.24, 2.45) is 0 Å². The molecule has 2 heteroatoms. The van der Waals surface area contributed by atoms with E-state index in [9.17, 15) is 5.11 Å². The summed E-state index contributed by atoms with van der Waals surface area (Å²) in [6.45, 7) is 0.130. The molecule has 1 saturated heterocycles. The minimum atomic E-state index is 0.130. The van der Waals surface area contributed by atoms with Gasteiger partial charge in [-0.25, -0.2) is 5.11 Å². The SMILES string of the molecule is [O]CC1CCCS1. The Hall–Kier alpha value is 0.310. The van der Waals surface area contributed by atoms with Gasteiger partial charge in [0, 0.05) is 5.25 Å². The van der Waals surface area contributed by atoms with Crippen molar-refractivity contribution in [1.29, 1.82) is 0 Å². The van der Waals surface area contributed by atoms with Crippen molar-refractivity contribution < 1.29 is 5.11 Å². The van der Waals surface area contributed by atoms with Crippen LogP contribution in [0.5, 0.6) is 0 Å². The van der Waals surface area contributed by atoms with Crippen LogP contribution in [0.1, 0.15) is 12.8 Å². The van der Waals surface area contributed by atoms with Crippen LogP contribution in [-0.2, 0) is 5.11 Å². The molecule has 0 bridgehead atoms. The van der Waals surface area contributed by atoms with Crippen LogP contribution in [0, 0.1) is 0 Å². The highest BCUT2D eigenvalue weighted by molar-refractivity contribution is 8.00. The zero-order valence-electron chi connectivity index (χ0n) is 4.22. The highest BCUT2D eigenvalue weighted by atomic mass is 32.2. The second-order valence-electron chi connectivity index (χ2n) is 1.80. The molecule has 0 aliphatic carbocycles. The average Bonchev–Trinajstić information content (AvgIpc) is 2.14. The molecule has 1 heterocycles. The molecule has 7 heavy (non-hydrogen) atoms. The normalized spacial score (nSPS) is 31.3. The van der Waals surface area contributed by atoms with Crippen molar-refractivity contribution in [3.8, 4) is 0 Å². The standard InChI is InChI=1S/C5H9OS/c6-4-5-2-1-3-7-5/h5H,1-4H2. The summed E-state index contributed by atoms with van der Waals surface area (Å²) in [7, 11) is 0. The van der Waals surface area contributed by atoms with Crippen LogP contribution in [0.4, 0.5) is 0 Å². The van der Waals surface area contributed by atoms with Gasteiger partial charge in [-0.1, -0.05) is 0 Å². The van der Waals surface area contributed by atoms with E-state index in [-0.39, 0.29) is 6.61 Å². The molecular weight excluding hydrogens is 108 g/mol. The molecule has 1 aliphatic rings. The summed E-state index contributed by atoms with van der Waals surface area (Å²) in [5.41, 5.74) is 0. The molecule has 1 fully saturated rings. The Bertz CT molecular complexity index is 50.0. The van der Waals surface area contributed by atoms with E-state index in [0.717, 1.165) is 6.42 Å². The molecule has 1 rings (SSSR count). The summed E-state index contributed by atoms with van der Waals surface area (Å²) >= 11 is 1.83. The van der Waals surface area contributed by atoms with Gasteiger partial charge in [-0.3, -0.25) is 0 Å². The van der Waals surface area contributed by atoms with E-state index < -0.39 is 0 Å². The van der Waals surface area contributed by atoms with Crippen molar-refractivity contribution in [2.75, 3.05) is 12.4 Å². The minimum Gasteiger partial charge on any atom is -0.236 e. The second kappa shape index (κ2) is 2.58. The third-order valence-electron chi connectivity index (χ3n) is 1.21. The van der Waals surface area contributed by atoms with E-state index in [2.05, 4.69) is 0 Å². The molecule has 0 aromatic heterocycles. The predicted molar refractivity (Wildman–Crippen MR) is 31.0 cm³/mol. The Morgan fingerprint density at radius 3 is 2.86 bits per heavy atom. The van der Waals surface area contributed by atoms with E-state index in [1.54, 1.807) is 0 Å². The summed E-state index contributed by atoms with van der Waals surface area (Å²) < 4.78 is 0. The minimum absolute atomic E-state index is 0.130. The van der Waals surface area contributed by atoms with Gasteiger partial charge in [0.05, 0.1) is 6.61 Å². The molecule has 1 unspecified atom stereocenters. The quantitative estimate of drug-likeness (QED) is 0.507. The van der Waals surface area contributed by atoms with Gasteiger partial charge in [-0.15, -0.1) is 0 Å². The number of hydrogen-bond donors (Lipinski definition) is 0. The number of rotatable bonds is 1. The summed E-state index contributed by atoms with van der Waals surface area (Å²) in [4.78, 5) is 0. The van der Waals surface area contributed by atoms with Gasteiger partial charge in [0.2, 0.25) is 0 Å². The van der Waals surface area contributed by atoms with Gasteiger partial charge in [-0.2, -0.15) is 11.8 Å². The van der Waals surface area contributed by atoms with Gasteiger partial charge >= 0.3 is 0 Å². The fourth-order valence-corrected chi connectivity index (χ4v) is 1.87. The van der Waals surface area contributed by atoms with Gasteiger partial charge in [0.25, 0.3) is 0 Å². The largest absolute Gasteiger partial charge is 0.236 e. The highest BCUT2D eigenvalue weighted by Crippen LogP contribution is 2.24. The average molecular weight is 117 g/mol. The van der Waals surface area contributed by atoms with Crippen molar-refractivity contribution in [2.45, 2.75) is 18.1 Å². The number of thioether (sulfide) groups is 1. The first kappa shape index (κ1) is 5.45. The van der Waals surface area contributed by atoms with Gasteiger partial charge < -0.3 is 0 Å². The Kier molecular flexibility index (Phi) is 2.00. The zero-order chi connectivity index (χ0) is 5.11. The molecule has 0 spiro atoms. The highest BCUT2D eigenvalue weighted by Gasteiger charge is 2.13. The summed E-state index contributed by atoms with van der Waals surface area (Å²) in [6.07, 6.45) is 2.42. The zero-order valence-corrected chi connectivity index (χ0v) is 5.04. The molecule has 0 aromatic carbocycles. The molecule has 0 saturated carbocycles. The molecule has 1 nitrogen and oxygen atoms in total. The summed E-state index contributed by atoms with van der Waals surface area (Å²) in [6, 6.07) is 0. The predicted octanol–water partition coefficient (Wildman–Crippen LogP) is 1.31. The smallest absolute Gasteiger partial charge is 0.0940 e. The van der Waals surface area contributed by atoms with Crippen molar-refractivity contribution in [1.82, 2.24) is 0 Å². The molecule has 0 amide bonds. The molecule has 0 N–H and O–H groups in total. The van der Waals surface area contributed by atoms with Crippen LogP contribution in [0.3, 0.4) is 0 Å². The summed E-state index contributed by atoms with van der Waals surface area (Å²) in [5, 5.41) is 10.6. The van der Waals surface area contributed by atoms with E-state index >= 15 is 0 Å². The van der Waals surface area contributed by atoms with E-state index in [4.69, 9.17) is 0 Å². The van der Waals surface area contributed by atoms with Crippen molar-refractivity contribution in [3.63, 3.8) is 0 Å². The van der Waals surface area contributed by atoms with Crippen LogP contribution in [0.25, 0.3) is 0 Å². The third-order valence-corrected chi connectivity index (χ3v) is 2.58. The van der Waals surface area contributed by atoms with Crippen LogP contribution < -0.4 is 0 Å². The van der Waals surface area contributed by atoms with Crippen LogP contribution in [0.2, 0.25) is 0 Å². The molecule has 1 radical (unpaired) electrons. The van der Waals surface area contributed by atoms with Gasteiger partial charge in [0.1, 0.15) is 0 Å². The fourth-order valence-electron chi connectivity index (χ4n) is 0.776. The van der Waals surface area contributed by atoms with Crippen molar-refractivity contribution in [3.05, 3.63) is 0 Å². The Morgan fingerprint density at radius 1 is 1.71 bits per heavy atom. The van der Waals surface area contributed by atoms with E-state index in [1.807, 2.05) is 11.8 Å². The lowest BCUT2D eigenvalue weighted by atomic mass is 10.3. The monoisotopic (exact) mass is 117 g/mol. The van der Waals surface area contributed by atoms with E-state index in [0.29, 0.717) is 5.25 Å². The van der Waals surface area contributed by atoms with Gasteiger partial charge in [-0.05, 0) is 18.6 Å². The molecular formula is C5H9OS. The first-order valence-electron chi connectivity index (χ1n) is 2.63. The Labute approximate surface area is 48.1 Å². The number of hydrogen-bond acceptors (Lipinski definition) is 1. The fraction of sp³-hybridized carbons (Fsp3) is 1.00. The Balaban J connectivity index is 2.14. The maximum atomic E-state index is 10.1. The topological polar surface area (TPSA) is 19.9 Å². The maximum Gasteiger partial charge on any atom is 0.0940 e. The maximum absolute atomic E-state index is 10.1. The van der Waals surface area contributed by atoms with Crippen LogP contribution in [-0.4, -0.2) is 17.6 Å². The first-order chi connectivity index (χ1) is 3.43. The molecule has 41 valence electrons. The second-order valence-corrected chi connectivity index (χ2v) is 3.21.